The Bertz CT molecular complexity index is 576. The van der Waals surface area contributed by atoms with E-state index in [0.717, 1.165) is 28.5 Å². The van der Waals surface area contributed by atoms with Crippen LogP contribution in [-0.2, 0) is 6.54 Å². The van der Waals surface area contributed by atoms with Gasteiger partial charge in [-0.2, -0.15) is 5.26 Å². The minimum Gasteiger partial charge on any atom is -0.346 e. The van der Waals surface area contributed by atoms with Crippen LogP contribution in [0.3, 0.4) is 0 Å². The van der Waals surface area contributed by atoms with E-state index >= 15 is 0 Å². The van der Waals surface area contributed by atoms with Gasteiger partial charge in [-0.25, -0.2) is 0 Å². The number of aromatic nitrogens is 1. The van der Waals surface area contributed by atoms with Crippen LogP contribution in [-0.4, -0.2) is 4.57 Å². The van der Waals surface area contributed by atoms with Gasteiger partial charge in [-0.05, 0) is 31.0 Å². The monoisotopic (exact) mass is 276 g/mol. The molecule has 0 radical (unpaired) electrons. The van der Waals surface area contributed by atoms with Crippen LogP contribution >= 0.6 is 15.9 Å². The van der Waals surface area contributed by atoms with E-state index in [2.05, 4.69) is 52.7 Å². The Morgan fingerprint density at radius 2 is 2.19 bits per heavy atom. The van der Waals surface area contributed by atoms with Gasteiger partial charge in [0.15, 0.2) is 0 Å². The minimum atomic E-state index is 0.742. The summed E-state index contributed by atoms with van der Waals surface area (Å²) < 4.78 is 3.14. The van der Waals surface area contributed by atoms with Crippen LogP contribution in [0.15, 0.2) is 22.8 Å². The Labute approximate surface area is 104 Å². The molecule has 82 valence electrons. The molecule has 2 aromatic rings. The molecule has 0 N–H and O–H groups in total. The average Bonchev–Trinajstić information content (AvgIpc) is 2.55. The lowest BCUT2D eigenvalue weighted by atomic mass is 10.1. The summed E-state index contributed by atoms with van der Waals surface area (Å²) >= 11 is 3.45. The van der Waals surface area contributed by atoms with Crippen LogP contribution in [0, 0.1) is 18.3 Å². The summed E-state index contributed by atoms with van der Waals surface area (Å²) in [5.41, 5.74) is 3.03. The van der Waals surface area contributed by atoms with Gasteiger partial charge in [-0.3, -0.25) is 0 Å². The first-order valence-corrected chi connectivity index (χ1v) is 6.15. The van der Waals surface area contributed by atoms with E-state index in [1.807, 2.05) is 6.07 Å². The summed E-state index contributed by atoms with van der Waals surface area (Å²) in [6.07, 6.45) is 3.20. The van der Waals surface area contributed by atoms with E-state index in [0.29, 0.717) is 0 Å². The molecule has 2 rings (SSSR count). The zero-order chi connectivity index (χ0) is 11.7. The third-order valence-corrected chi connectivity index (χ3v) is 3.18. The number of nitriles is 1. The summed E-state index contributed by atoms with van der Waals surface area (Å²) in [6, 6.07) is 6.24. The van der Waals surface area contributed by atoms with Crippen molar-refractivity contribution in [2.75, 3.05) is 0 Å². The highest BCUT2D eigenvalue weighted by Crippen LogP contribution is 2.28. The van der Waals surface area contributed by atoms with Gasteiger partial charge in [0.25, 0.3) is 0 Å². The van der Waals surface area contributed by atoms with Gasteiger partial charge in [-0.15, -0.1) is 0 Å². The standard InChI is InChI=1S/C13H13BrN2/c1-3-4-16-8-9(2)12-6-11(14)5-10(7-15)13(12)16/h5-6,8H,3-4H2,1-2H3. The molecule has 1 aromatic heterocycles. The molecule has 0 bridgehead atoms. The second-order valence-electron chi connectivity index (χ2n) is 3.97. The molecule has 0 saturated carbocycles. The number of nitrogens with zero attached hydrogens (tertiary/aromatic N) is 2. The normalized spacial score (nSPS) is 10.6. The van der Waals surface area contributed by atoms with Gasteiger partial charge in [0.1, 0.15) is 6.07 Å². The highest BCUT2D eigenvalue weighted by atomic mass is 79.9. The topological polar surface area (TPSA) is 28.7 Å². The van der Waals surface area contributed by atoms with Gasteiger partial charge in [0.2, 0.25) is 0 Å². The molecule has 3 heteroatoms. The first-order chi connectivity index (χ1) is 7.67. The van der Waals surface area contributed by atoms with Gasteiger partial charge in [-0.1, -0.05) is 22.9 Å². The molecule has 0 saturated heterocycles. The molecular formula is C13H13BrN2. The second kappa shape index (κ2) is 4.31. The summed E-state index contributed by atoms with van der Waals surface area (Å²) in [5, 5.41) is 10.3. The van der Waals surface area contributed by atoms with E-state index in [-0.39, 0.29) is 0 Å². The SMILES string of the molecule is CCCn1cc(C)c2cc(Br)cc(C#N)c21. The highest BCUT2D eigenvalue weighted by molar-refractivity contribution is 9.10. The third-order valence-electron chi connectivity index (χ3n) is 2.72. The molecule has 0 aliphatic rings. The summed E-state index contributed by atoms with van der Waals surface area (Å²) in [6.45, 7) is 5.19. The fourth-order valence-corrected chi connectivity index (χ4v) is 2.54. The number of aryl methyl sites for hydroxylation is 2. The van der Waals surface area contributed by atoms with Gasteiger partial charge >= 0.3 is 0 Å². The number of benzene rings is 1. The Kier molecular flexibility index (Phi) is 3.02. The van der Waals surface area contributed by atoms with Crippen LogP contribution in [0.1, 0.15) is 24.5 Å². The van der Waals surface area contributed by atoms with Crippen LogP contribution < -0.4 is 0 Å². The highest BCUT2D eigenvalue weighted by Gasteiger charge is 2.10. The third kappa shape index (κ3) is 1.74. The summed E-state index contributed by atoms with van der Waals surface area (Å²) in [4.78, 5) is 0. The van der Waals surface area contributed by atoms with Gasteiger partial charge < -0.3 is 4.57 Å². The quantitative estimate of drug-likeness (QED) is 0.815. The predicted octanol–water partition coefficient (Wildman–Crippen LogP) is 3.99. The zero-order valence-electron chi connectivity index (χ0n) is 9.42. The summed E-state index contributed by atoms with van der Waals surface area (Å²) in [7, 11) is 0. The molecule has 16 heavy (non-hydrogen) atoms. The van der Waals surface area contributed by atoms with Crippen molar-refractivity contribution in [1.29, 1.82) is 5.26 Å². The zero-order valence-corrected chi connectivity index (χ0v) is 11.0. The minimum absolute atomic E-state index is 0.742. The molecule has 0 unspecified atom stereocenters. The fraction of sp³-hybridized carbons (Fsp3) is 0.308. The Morgan fingerprint density at radius 3 is 2.81 bits per heavy atom. The van der Waals surface area contributed by atoms with Crippen molar-refractivity contribution in [3.63, 3.8) is 0 Å². The van der Waals surface area contributed by atoms with Crippen molar-refractivity contribution >= 4 is 26.8 Å². The Hall–Kier alpha value is -1.27. The van der Waals surface area contributed by atoms with E-state index in [1.54, 1.807) is 0 Å². The first-order valence-electron chi connectivity index (χ1n) is 5.36. The molecule has 0 amide bonds. The van der Waals surface area contributed by atoms with Crippen molar-refractivity contribution in [1.82, 2.24) is 4.57 Å². The molecule has 0 atom stereocenters. The molecular weight excluding hydrogens is 264 g/mol. The van der Waals surface area contributed by atoms with Gasteiger partial charge in [0, 0.05) is 22.6 Å². The van der Waals surface area contributed by atoms with Crippen molar-refractivity contribution < 1.29 is 0 Å². The molecule has 0 aliphatic carbocycles. The number of hydrogen-bond donors (Lipinski definition) is 0. The van der Waals surface area contributed by atoms with Crippen LogP contribution in [0.5, 0.6) is 0 Å². The Balaban J connectivity index is 2.82. The molecule has 0 fully saturated rings. The maximum Gasteiger partial charge on any atom is 0.101 e. The molecule has 0 aliphatic heterocycles. The van der Waals surface area contributed by atoms with Crippen molar-refractivity contribution in [2.45, 2.75) is 26.8 Å². The summed E-state index contributed by atoms with van der Waals surface area (Å²) in [5.74, 6) is 0. The molecule has 2 nitrogen and oxygen atoms in total. The van der Waals surface area contributed by atoms with Crippen LogP contribution in [0.25, 0.3) is 10.9 Å². The maximum atomic E-state index is 9.18. The fourth-order valence-electron chi connectivity index (χ4n) is 2.08. The van der Waals surface area contributed by atoms with E-state index < -0.39 is 0 Å². The Morgan fingerprint density at radius 1 is 1.44 bits per heavy atom. The lowest BCUT2D eigenvalue weighted by molar-refractivity contribution is 0.702. The number of rotatable bonds is 2. The average molecular weight is 277 g/mol. The largest absolute Gasteiger partial charge is 0.346 e. The predicted molar refractivity (Wildman–Crippen MR) is 69.4 cm³/mol. The maximum absolute atomic E-state index is 9.18. The smallest absolute Gasteiger partial charge is 0.101 e. The number of hydrogen-bond acceptors (Lipinski definition) is 1. The van der Waals surface area contributed by atoms with E-state index in [1.165, 1.54) is 10.9 Å². The van der Waals surface area contributed by atoms with E-state index in [9.17, 15) is 5.26 Å². The molecule has 1 aromatic carbocycles. The lowest BCUT2D eigenvalue weighted by Crippen LogP contribution is -1.95. The van der Waals surface area contributed by atoms with Crippen LogP contribution in [0.4, 0.5) is 0 Å². The number of halogens is 1. The second-order valence-corrected chi connectivity index (χ2v) is 4.88. The van der Waals surface area contributed by atoms with Crippen molar-refractivity contribution in [2.24, 2.45) is 0 Å². The van der Waals surface area contributed by atoms with Crippen LogP contribution in [0.2, 0.25) is 0 Å². The van der Waals surface area contributed by atoms with Crippen molar-refractivity contribution in [3.05, 3.63) is 33.9 Å². The van der Waals surface area contributed by atoms with Gasteiger partial charge in [0.05, 0.1) is 11.1 Å². The number of fused-ring (bicyclic) bond motifs is 1. The molecule has 0 spiro atoms. The molecule has 1 heterocycles. The first kappa shape index (κ1) is 11.2. The lowest BCUT2D eigenvalue weighted by Gasteiger charge is -2.04. The van der Waals surface area contributed by atoms with E-state index in [4.69, 9.17) is 0 Å². The van der Waals surface area contributed by atoms with Crippen molar-refractivity contribution in [3.8, 4) is 6.07 Å².